The van der Waals surface area contributed by atoms with E-state index in [4.69, 9.17) is 11.6 Å². The number of hydrogen-bond acceptors (Lipinski definition) is 3. The van der Waals surface area contributed by atoms with Gasteiger partial charge < -0.3 is 5.32 Å². The van der Waals surface area contributed by atoms with Crippen LogP contribution in [0.25, 0.3) is 11.3 Å². The molecular formula is C23H26ClFN4O. The monoisotopic (exact) mass is 428 g/mol. The van der Waals surface area contributed by atoms with Gasteiger partial charge in [0.05, 0.1) is 18.3 Å². The van der Waals surface area contributed by atoms with Crippen LogP contribution in [-0.4, -0.2) is 41.1 Å². The van der Waals surface area contributed by atoms with Crippen LogP contribution in [0.4, 0.5) is 4.39 Å². The number of nitrogens with one attached hydrogen (secondary N) is 2. The van der Waals surface area contributed by atoms with Gasteiger partial charge in [-0.25, -0.2) is 4.39 Å². The van der Waals surface area contributed by atoms with Crippen LogP contribution in [0.15, 0.2) is 54.6 Å². The molecule has 0 radical (unpaired) electrons. The van der Waals surface area contributed by atoms with E-state index in [1.807, 2.05) is 49.2 Å². The van der Waals surface area contributed by atoms with Gasteiger partial charge in [-0.2, -0.15) is 5.10 Å². The van der Waals surface area contributed by atoms with Gasteiger partial charge in [0.2, 0.25) is 5.91 Å². The van der Waals surface area contributed by atoms with Gasteiger partial charge in [-0.15, -0.1) is 0 Å². The van der Waals surface area contributed by atoms with E-state index in [9.17, 15) is 9.18 Å². The van der Waals surface area contributed by atoms with Crippen LogP contribution in [0.2, 0.25) is 5.02 Å². The molecule has 0 saturated heterocycles. The van der Waals surface area contributed by atoms with Crippen molar-refractivity contribution in [2.24, 2.45) is 0 Å². The van der Waals surface area contributed by atoms with Crippen molar-refractivity contribution in [1.82, 2.24) is 20.4 Å². The molecule has 7 heteroatoms. The molecule has 0 aliphatic rings. The smallest absolute Gasteiger partial charge is 0.234 e. The summed E-state index contributed by atoms with van der Waals surface area (Å²) < 4.78 is 13.0. The third-order valence-corrected chi connectivity index (χ3v) is 5.26. The van der Waals surface area contributed by atoms with Crippen LogP contribution >= 0.6 is 11.6 Å². The molecule has 1 unspecified atom stereocenters. The molecule has 5 nitrogen and oxygen atoms in total. The first-order valence-electron chi connectivity index (χ1n) is 9.95. The zero-order chi connectivity index (χ0) is 21.5. The highest BCUT2D eigenvalue weighted by Gasteiger charge is 2.14. The molecule has 0 bridgehead atoms. The van der Waals surface area contributed by atoms with E-state index in [-0.39, 0.29) is 17.8 Å². The largest absolute Gasteiger partial charge is 0.348 e. The molecule has 2 N–H and O–H groups in total. The highest BCUT2D eigenvalue weighted by Crippen LogP contribution is 2.22. The Morgan fingerprint density at radius 1 is 1.23 bits per heavy atom. The predicted molar refractivity (Wildman–Crippen MR) is 118 cm³/mol. The van der Waals surface area contributed by atoms with E-state index >= 15 is 0 Å². The lowest BCUT2D eigenvalue weighted by atomic mass is 10.1. The number of H-pyrrole nitrogens is 1. The third kappa shape index (κ3) is 6.15. The van der Waals surface area contributed by atoms with E-state index in [1.54, 1.807) is 12.1 Å². The Hall–Kier alpha value is -2.70. The molecule has 30 heavy (non-hydrogen) atoms. The number of hydrogen-bond donors (Lipinski definition) is 2. The van der Waals surface area contributed by atoms with Gasteiger partial charge >= 0.3 is 0 Å². The number of rotatable bonds is 9. The molecule has 0 aliphatic heterocycles. The average molecular weight is 429 g/mol. The Morgan fingerprint density at radius 2 is 1.97 bits per heavy atom. The summed E-state index contributed by atoms with van der Waals surface area (Å²) in [5, 5.41) is 11.0. The lowest BCUT2D eigenvalue weighted by molar-refractivity contribution is -0.122. The number of amides is 1. The standard InChI is InChI=1S/C23H26ClFN4O/c1-16(20-7-3-4-8-21(20)24)26-23(30)15-29(2)13-5-6-19-14-22(28-27-19)17-9-11-18(25)12-10-17/h3-4,7-12,14,16H,5-6,13,15H2,1-2H3,(H,26,30)(H,27,28). The van der Waals surface area contributed by atoms with Gasteiger partial charge in [0.15, 0.2) is 0 Å². The quantitative estimate of drug-likeness (QED) is 0.523. The summed E-state index contributed by atoms with van der Waals surface area (Å²) in [5.41, 5.74) is 3.59. The van der Waals surface area contributed by atoms with E-state index < -0.39 is 0 Å². The molecule has 1 amide bonds. The minimum Gasteiger partial charge on any atom is -0.348 e. The average Bonchev–Trinajstić information content (AvgIpc) is 3.17. The number of halogens is 2. The van der Waals surface area contributed by atoms with Crippen molar-refractivity contribution >= 4 is 17.5 Å². The van der Waals surface area contributed by atoms with Crippen molar-refractivity contribution < 1.29 is 9.18 Å². The van der Waals surface area contributed by atoms with Gasteiger partial charge in [0.25, 0.3) is 0 Å². The Balaban J connectivity index is 1.41. The maximum atomic E-state index is 13.0. The predicted octanol–water partition coefficient (Wildman–Crippen LogP) is 4.61. The molecular weight excluding hydrogens is 403 g/mol. The molecule has 1 heterocycles. The van der Waals surface area contributed by atoms with Crippen molar-refractivity contribution in [2.45, 2.75) is 25.8 Å². The fourth-order valence-corrected chi connectivity index (χ4v) is 3.61. The number of nitrogens with zero attached hydrogens (tertiary/aromatic N) is 2. The lowest BCUT2D eigenvalue weighted by Crippen LogP contribution is -2.37. The number of aromatic amines is 1. The summed E-state index contributed by atoms with van der Waals surface area (Å²) in [6, 6.07) is 15.6. The fraction of sp³-hybridized carbons (Fsp3) is 0.304. The fourth-order valence-electron chi connectivity index (χ4n) is 3.31. The second-order valence-corrected chi connectivity index (χ2v) is 7.84. The summed E-state index contributed by atoms with van der Waals surface area (Å²) in [6.45, 7) is 3.02. The molecule has 0 fully saturated rings. The summed E-state index contributed by atoms with van der Waals surface area (Å²) >= 11 is 6.20. The van der Waals surface area contributed by atoms with Crippen LogP contribution in [0, 0.1) is 5.82 Å². The second kappa shape index (κ2) is 10.4. The second-order valence-electron chi connectivity index (χ2n) is 7.44. The molecule has 3 aromatic rings. The topological polar surface area (TPSA) is 61.0 Å². The first kappa shape index (κ1) is 22.0. The van der Waals surface area contributed by atoms with E-state index in [0.29, 0.717) is 11.6 Å². The maximum absolute atomic E-state index is 13.0. The van der Waals surface area contributed by atoms with Crippen molar-refractivity contribution in [3.63, 3.8) is 0 Å². The zero-order valence-corrected chi connectivity index (χ0v) is 17.9. The highest BCUT2D eigenvalue weighted by molar-refractivity contribution is 6.31. The highest BCUT2D eigenvalue weighted by atomic mass is 35.5. The Morgan fingerprint density at radius 3 is 2.70 bits per heavy atom. The number of carbonyl (C=O) groups excluding carboxylic acids is 1. The van der Waals surface area contributed by atoms with Crippen LogP contribution < -0.4 is 5.32 Å². The number of carbonyl (C=O) groups is 1. The number of benzene rings is 2. The van der Waals surface area contributed by atoms with Crippen molar-refractivity contribution in [3.05, 3.63) is 76.7 Å². The molecule has 0 saturated carbocycles. The minimum atomic E-state index is -0.261. The molecule has 0 aliphatic carbocycles. The lowest BCUT2D eigenvalue weighted by Gasteiger charge is -2.19. The van der Waals surface area contributed by atoms with Crippen LogP contribution in [0.3, 0.4) is 0 Å². The van der Waals surface area contributed by atoms with Gasteiger partial charge in [0, 0.05) is 16.3 Å². The first-order chi connectivity index (χ1) is 14.4. The van der Waals surface area contributed by atoms with Crippen LogP contribution in [0.5, 0.6) is 0 Å². The molecule has 3 rings (SSSR count). The summed E-state index contributed by atoms with van der Waals surface area (Å²) in [5.74, 6) is -0.298. The van der Waals surface area contributed by atoms with Gasteiger partial charge in [-0.1, -0.05) is 29.8 Å². The van der Waals surface area contributed by atoms with E-state index in [2.05, 4.69) is 15.5 Å². The SMILES string of the molecule is CC(NC(=O)CN(C)CCCc1cc(-c2ccc(F)cc2)n[nH]1)c1ccccc1Cl. The van der Waals surface area contributed by atoms with Crippen LogP contribution in [0.1, 0.15) is 30.6 Å². The molecule has 0 spiro atoms. The van der Waals surface area contributed by atoms with Crippen molar-refractivity contribution in [2.75, 3.05) is 20.1 Å². The molecule has 1 aromatic heterocycles. The maximum Gasteiger partial charge on any atom is 0.234 e. The van der Waals surface area contributed by atoms with E-state index in [0.717, 1.165) is 41.9 Å². The van der Waals surface area contributed by atoms with Crippen molar-refractivity contribution in [1.29, 1.82) is 0 Å². The summed E-state index contributed by atoms with van der Waals surface area (Å²) in [4.78, 5) is 14.3. The summed E-state index contributed by atoms with van der Waals surface area (Å²) in [6.07, 6.45) is 1.70. The number of likely N-dealkylation sites (N-methyl/N-ethyl adjacent to an activating group) is 1. The molecule has 2 aromatic carbocycles. The van der Waals surface area contributed by atoms with Crippen LogP contribution in [-0.2, 0) is 11.2 Å². The summed E-state index contributed by atoms with van der Waals surface area (Å²) in [7, 11) is 1.93. The Labute approximate surface area is 181 Å². The minimum absolute atomic E-state index is 0.0370. The number of aromatic nitrogens is 2. The van der Waals surface area contributed by atoms with Gasteiger partial charge in [-0.3, -0.25) is 14.8 Å². The normalized spacial score (nSPS) is 12.2. The molecule has 1 atom stereocenters. The molecule has 158 valence electrons. The first-order valence-corrected chi connectivity index (χ1v) is 10.3. The van der Waals surface area contributed by atoms with Gasteiger partial charge in [-0.05, 0) is 75.3 Å². The van der Waals surface area contributed by atoms with Crippen molar-refractivity contribution in [3.8, 4) is 11.3 Å². The Bertz CT molecular complexity index is 973. The Kier molecular flexibility index (Phi) is 7.60. The van der Waals surface area contributed by atoms with E-state index in [1.165, 1.54) is 12.1 Å². The number of aryl methyl sites for hydroxylation is 1. The third-order valence-electron chi connectivity index (χ3n) is 4.92. The van der Waals surface area contributed by atoms with Gasteiger partial charge in [0.1, 0.15) is 5.82 Å². The zero-order valence-electron chi connectivity index (χ0n) is 17.2.